The van der Waals surface area contributed by atoms with E-state index >= 15 is 0 Å². The minimum Gasteiger partial charge on any atom is -0.378 e. The zero-order chi connectivity index (χ0) is 22.5. The maximum atomic E-state index is 12.9. The first-order valence-electron chi connectivity index (χ1n) is 11.4. The van der Waals surface area contributed by atoms with Gasteiger partial charge in [-0.2, -0.15) is 0 Å². The SMILES string of the molecule is CN1CCN([C@@H](CNC(=O)Cc2cccc3ccccc23)c2ccc(N(C)C)cc2)CC1. The number of nitrogens with zero attached hydrogens (tertiary/aromatic N) is 3. The Morgan fingerprint density at radius 2 is 1.62 bits per heavy atom. The molecule has 5 heteroatoms. The summed E-state index contributed by atoms with van der Waals surface area (Å²) < 4.78 is 0. The number of benzene rings is 3. The highest BCUT2D eigenvalue weighted by atomic mass is 16.1. The summed E-state index contributed by atoms with van der Waals surface area (Å²) in [6.45, 7) is 4.74. The Bertz CT molecular complexity index is 1030. The number of nitrogens with one attached hydrogen (secondary N) is 1. The number of piperazine rings is 1. The molecule has 0 aliphatic carbocycles. The van der Waals surface area contributed by atoms with E-state index in [0.717, 1.165) is 37.1 Å². The quantitative estimate of drug-likeness (QED) is 0.622. The number of anilines is 1. The molecule has 0 unspecified atom stereocenters. The molecule has 32 heavy (non-hydrogen) atoms. The largest absolute Gasteiger partial charge is 0.378 e. The number of likely N-dealkylation sites (N-methyl/N-ethyl adjacent to an activating group) is 1. The van der Waals surface area contributed by atoms with Gasteiger partial charge in [0.1, 0.15) is 0 Å². The summed E-state index contributed by atoms with van der Waals surface area (Å²) in [4.78, 5) is 19.9. The molecule has 1 heterocycles. The smallest absolute Gasteiger partial charge is 0.224 e. The van der Waals surface area contributed by atoms with E-state index in [1.54, 1.807) is 0 Å². The molecule has 4 rings (SSSR count). The Hall–Kier alpha value is -2.89. The Morgan fingerprint density at radius 3 is 2.34 bits per heavy atom. The highest BCUT2D eigenvalue weighted by molar-refractivity contribution is 5.90. The summed E-state index contributed by atoms with van der Waals surface area (Å²) in [6, 6.07) is 23.4. The van der Waals surface area contributed by atoms with E-state index in [9.17, 15) is 4.79 Å². The summed E-state index contributed by atoms with van der Waals surface area (Å²) >= 11 is 0. The zero-order valence-electron chi connectivity index (χ0n) is 19.4. The number of amides is 1. The molecule has 0 bridgehead atoms. The van der Waals surface area contributed by atoms with Crippen molar-refractivity contribution in [3.05, 3.63) is 77.9 Å². The lowest BCUT2D eigenvalue weighted by atomic mass is 10.0. The van der Waals surface area contributed by atoms with Crippen LogP contribution in [0, 0.1) is 0 Å². The molecule has 0 aromatic heterocycles. The highest BCUT2D eigenvalue weighted by Crippen LogP contribution is 2.24. The molecule has 0 saturated carbocycles. The monoisotopic (exact) mass is 430 g/mol. The van der Waals surface area contributed by atoms with Gasteiger partial charge in [-0.05, 0) is 41.1 Å². The van der Waals surface area contributed by atoms with Crippen LogP contribution in [0.3, 0.4) is 0 Å². The second-order valence-electron chi connectivity index (χ2n) is 8.96. The lowest BCUT2D eigenvalue weighted by molar-refractivity contribution is -0.120. The molecular formula is C27H34N4O. The average molecular weight is 431 g/mol. The van der Waals surface area contributed by atoms with Gasteiger partial charge in [0.25, 0.3) is 0 Å². The van der Waals surface area contributed by atoms with Crippen LogP contribution in [-0.4, -0.2) is 69.6 Å². The van der Waals surface area contributed by atoms with E-state index in [4.69, 9.17) is 0 Å². The van der Waals surface area contributed by atoms with E-state index < -0.39 is 0 Å². The van der Waals surface area contributed by atoms with Gasteiger partial charge in [-0.15, -0.1) is 0 Å². The Kier molecular flexibility index (Phi) is 7.08. The lowest BCUT2D eigenvalue weighted by Crippen LogP contribution is -2.48. The first-order chi connectivity index (χ1) is 15.5. The summed E-state index contributed by atoms with van der Waals surface area (Å²) in [5.41, 5.74) is 3.52. The molecule has 1 aliphatic rings. The minimum absolute atomic E-state index is 0.0744. The molecule has 3 aromatic carbocycles. The number of carbonyl (C=O) groups excluding carboxylic acids is 1. The molecule has 1 aliphatic heterocycles. The van der Waals surface area contributed by atoms with E-state index in [1.807, 2.05) is 18.2 Å². The number of hydrogen-bond donors (Lipinski definition) is 1. The molecule has 0 spiro atoms. The van der Waals surface area contributed by atoms with Crippen LogP contribution < -0.4 is 10.2 Å². The van der Waals surface area contributed by atoms with Crippen molar-refractivity contribution in [2.45, 2.75) is 12.5 Å². The van der Waals surface area contributed by atoms with Crippen LogP contribution in [0.5, 0.6) is 0 Å². The average Bonchev–Trinajstić information content (AvgIpc) is 2.81. The normalized spacial score (nSPS) is 16.1. The Balaban J connectivity index is 1.47. The van der Waals surface area contributed by atoms with Crippen LogP contribution in [0.25, 0.3) is 10.8 Å². The number of carbonyl (C=O) groups is 1. The van der Waals surface area contributed by atoms with Gasteiger partial charge in [0.15, 0.2) is 0 Å². The molecule has 5 nitrogen and oxygen atoms in total. The number of rotatable bonds is 7. The number of fused-ring (bicyclic) bond motifs is 1. The van der Waals surface area contributed by atoms with Gasteiger partial charge in [-0.3, -0.25) is 9.69 Å². The Labute approximate surface area is 191 Å². The van der Waals surface area contributed by atoms with E-state index in [1.165, 1.54) is 16.6 Å². The third-order valence-corrected chi connectivity index (χ3v) is 6.50. The van der Waals surface area contributed by atoms with Crippen molar-refractivity contribution in [3.63, 3.8) is 0 Å². The third kappa shape index (κ3) is 5.29. The summed E-state index contributed by atoms with van der Waals surface area (Å²) in [5, 5.41) is 5.56. The van der Waals surface area contributed by atoms with Crippen LogP contribution >= 0.6 is 0 Å². The zero-order valence-corrected chi connectivity index (χ0v) is 19.4. The third-order valence-electron chi connectivity index (χ3n) is 6.50. The molecule has 1 atom stereocenters. The van der Waals surface area contributed by atoms with E-state index in [-0.39, 0.29) is 11.9 Å². The highest BCUT2D eigenvalue weighted by Gasteiger charge is 2.24. The van der Waals surface area contributed by atoms with Crippen molar-refractivity contribution < 1.29 is 4.79 Å². The molecule has 1 fully saturated rings. The first-order valence-corrected chi connectivity index (χ1v) is 11.4. The second-order valence-corrected chi connectivity index (χ2v) is 8.96. The van der Waals surface area contributed by atoms with Gasteiger partial charge in [0.2, 0.25) is 5.91 Å². The fraction of sp³-hybridized carbons (Fsp3) is 0.370. The first kappa shape index (κ1) is 22.3. The molecule has 168 valence electrons. The molecular weight excluding hydrogens is 396 g/mol. The topological polar surface area (TPSA) is 38.8 Å². The van der Waals surface area contributed by atoms with Crippen LogP contribution in [0.1, 0.15) is 17.2 Å². The minimum atomic E-state index is 0.0744. The van der Waals surface area contributed by atoms with Crippen molar-refractivity contribution in [3.8, 4) is 0 Å². The van der Waals surface area contributed by atoms with Gasteiger partial charge in [0.05, 0.1) is 12.5 Å². The van der Waals surface area contributed by atoms with Gasteiger partial charge < -0.3 is 15.1 Å². The maximum absolute atomic E-state index is 12.9. The summed E-state index contributed by atoms with van der Waals surface area (Å²) in [5.74, 6) is 0.0744. The van der Waals surface area contributed by atoms with Crippen LogP contribution in [-0.2, 0) is 11.2 Å². The second kappa shape index (κ2) is 10.2. The van der Waals surface area contributed by atoms with E-state index in [2.05, 4.69) is 89.7 Å². The van der Waals surface area contributed by atoms with Crippen molar-refractivity contribution in [2.24, 2.45) is 0 Å². The Morgan fingerprint density at radius 1 is 0.938 bits per heavy atom. The predicted molar refractivity (Wildman–Crippen MR) is 133 cm³/mol. The van der Waals surface area contributed by atoms with Gasteiger partial charge in [0, 0.05) is 52.5 Å². The van der Waals surface area contributed by atoms with Crippen molar-refractivity contribution in [1.29, 1.82) is 0 Å². The van der Waals surface area contributed by atoms with E-state index in [0.29, 0.717) is 13.0 Å². The van der Waals surface area contributed by atoms with Gasteiger partial charge in [-0.25, -0.2) is 0 Å². The van der Waals surface area contributed by atoms with Crippen molar-refractivity contribution >= 4 is 22.4 Å². The maximum Gasteiger partial charge on any atom is 0.224 e. The van der Waals surface area contributed by atoms with Crippen LogP contribution in [0.2, 0.25) is 0 Å². The fourth-order valence-corrected chi connectivity index (χ4v) is 4.48. The predicted octanol–water partition coefficient (Wildman–Crippen LogP) is 3.55. The molecule has 1 saturated heterocycles. The fourth-order valence-electron chi connectivity index (χ4n) is 4.48. The standard InChI is InChI=1S/C27H34N4O/c1-29(2)24-13-11-22(12-14-24)26(31-17-15-30(3)16-18-31)20-28-27(32)19-23-9-6-8-21-7-4-5-10-25(21)23/h4-14,26H,15-20H2,1-3H3,(H,28,32)/t26-/m0/s1. The van der Waals surface area contributed by atoms with Crippen molar-refractivity contribution in [2.75, 3.05) is 58.8 Å². The van der Waals surface area contributed by atoms with Crippen molar-refractivity contribution in [1.82, 2.24) is 15.1 Å². The molecule has 1 N–H and O–H groups in total. The molecule has 1 amide bonds. The number of hydrogen-bond acceptors (Lipinski definition) is 4. The molecule has 3 aromatic rings. The summed E-state index contributed by atoms with van der Waals surface area (Å²) in [6.07, 6.45) is 0.399. The van der Waals surface area contributed by atoms with Crippen LogP contribution in [0.15, 0.2) is 66.7 Å². The van der Waals surface area contributed by atoms with Gasteiger partial charge in [-0.1, -0.05) is 54.6 Å². The summed E-state index contributed by atoms with van der Waals surface area (Å²) in [7, 11) is 6.28. The van der Waals surface area contributed by atoms with Gasteiger partial charge >= 0.3 is 0 Å². The lowest BCUT2D eigenvalue weighted by Gasteiger charge is -2.38. The van der Waals surface area contributed by atoms with Crippen LogP contribution in [0.4, 0.5) is 5.69 Å². The molecule has 0 radical (unpaired) electrons.